The van der Waals surface area contributed by atoms with Gasteiger partial charge in [0.15, 0.2) is 11.6 Å². The molecule has 2 rings (SSSR count). The first-order valence-corrected chi connectivity index (χ1v) is 9.16. The van der Waals surface area contributed by atoms with Crippen molar-refractivity contribution in [1.29, 1.82) is 0 Å². The number of hydrogen-bond donors (Lipinski definition) is 2. The highest BCUT2D eigenvalue weighted by Crippen LogP contribution is 2.18. The molecule has 7 heteroatoms. The molecule has 1 atom stereocenters. The lowest BCUT2D eigenvalue weighted by atomic mass is 10.1. The lowest BCUT2D eigenvalue weighted by molar-refractivity contribution is -0.121. The number of amides is 2. The van der Waals surface area contributed by atoms with E-state index in [4.69, 9.17) is 4.74 Å². The minimum absolute atomic E-state index is 0.196. The molecule has 0 aliphatic rings. The third kappa shape index (κ3) is 6.04. The van der Waals surface area contributed by atoms with E-state index in [0.29, 0.717) is 36.4 Å². The Morgan fingerprint density at radius 1 is 1.11 bits per heavy atom. The van der Waals surface area contributed by atoms with Crippen molar-refractivity contribution in [1.82, 2.24) is 10.6 Å². The van der Waals surface area contributed by atoms with Gasteiger partial charge in [-0.2, -0.15) is 0 Å². The van der Waals surface area contributed by atoms with Crippen molar-refractivity contribution in [3.05, 3.63) is 65.2 Å². The van der Waals surface area contributed by atoms with Crippen LogP contribution in [0.1, 0.15) is 48.7 Å². The fraction of sp³-hybridized carbons (Fsp3) is 0.333. The highest BCUT2D eigenvalue weighted by molar-refractivity contribution is 5.96. The fourth-order valence-electron chi connectivity index (χ4n) is 2.66. The van der Waals surface area contributed by atoms with Gasteiger partial charge in [-0.3, -0.25) is 9.59 Å². The van der Waals surface area contributed by atoms with Crippen LogP contribution in [-0.4, -0.2) is 25.0 Å². The van der Waals surface area contributed by atoms with Crippen LogP contribution in [0.4, 0.5) is 8.78 Å². The van der Waals surface area contributed by atoms with Crippen molar-refractivity contribution >= 4 is 11.8 Å². The van der Waals surface area contributed by atoms with Crippen LogP contribution in [0.3, 0.4) is 0 Å². The van der Waals surface area contributed by atoms with E-state index in [2.05, 4.69) is 10.6 Å². The first-order chi connectivity index (χ1) is 13.4. The third-order valence-corrected chi connectivity index (χ3v) is 4.12. The monoisotopic (exact) mass is 390 g/mol. The van der Waals surface area contributed by atoms with E-state index in [0.717, 1.165) is 12.1 Å². The number of carbonyl (C=O) groups excluding carboxylic acids is 2. The lowest BCUT2D eigenvalue weighted by Gasteiger charge is -2.15. The highest BCUT2D eigenvalue weighted by Gasteiger charge is 2.13. The average Bonchev–Trinajstić information content (AvgIpc) is 2.67. The summed E-state index contributed by atoms with van der Waals surface area (Å²) in [4.78, 5) is 24.3. The molecule has 0 bridgehead atoms. The summed E-state index contributed by atoms with van der Waals surface area (Å²) in [6.45, 7) is 4.32. The quantitative estimate of drug-likeness (QED) is 0.641. The van der Waals surface area contributed by atoms with E-state index >= 15 is 0 Å². The molecule has 2 aromatic rings. The van der Waals surface area contributed by atoms with E-state index in [1.165, 1.54) is 6.07 Å². The molecule has 1 unspecified atom stereocenters. The zero-order chi connectivity index (χ0) is 20.5. The van der Waals surface area contributed by atoms with E-state index < -0.39 is 17.7 Å². The summed E-state index contributed by atoms with van der Waals surface area (Å²) in [5.74, 6) is -1.86. The van der Waals surface area contributed by atoms with Crippen LogP contribution in [-0.2, 0) is 4.79 Å². The number of hydrogen-bond acceptors (Lipinski definition) is 3. The number of rotatable bonds is 9. The minimum Gasteiger partial charge on any atom is -0.493 e. The zero-order valence-electron chi connectivity index (χ0n) is 15.9. The minimum atomic E-state index is -0.950. The van der Waals surface area contributed by atoms with Crippen LogP contribution >= 0.6 is 0 Å². The molecule has 2 amide bonds. The van der Waals surface area contributed by atoms with Gasteiger partial charge in [0.2, 0.25) is 5.91 Å². The predicted molar refractivity (Wildman–Crippen MR) is 102 cm³/mol. The zero-order valence-corrected chi connectivity index (χ0v) is 15.9. The number of para-hydroxylation sites is 1. The third-order valence-electron chi connectivity index (χ3n) is 4.12. The van der Waals surface area contributed by atoms with Gasteiger partial charge < -0.3 is 15.4 Å². The first-order valence-electron chi connectivity index (χ1n) is 9.16. The molecular formula is C21H24F2N2O3. The van der Waals surface area contributed by atoms with Gasteiger partial charge in [-0.25, -0.2) is 8.78 Å². The summed E-state index contributed by atoms with van der Waals surface area (Å²) < 4.78 is 31.7. The second kappa shape index (κ2) is 10.4. The second-order valence-corrected chi connectivity index (χ2v) is 6.25. The Morgan fingerprint density at radius 3 is 2.57 bits per heavy atom. The maximum atomic E-state index is 13.3. The van der Waals surface area contributed by atoms with Gasteiger partial charge >= 0.3 is 0 Å². The van der Waals surface area contributed by atoms with Crippen LogP contribution < -0.4 is 15.4 Å². The maximum absolute atomic E-state index is 13.3. The lowest BCUT2D eigenvalue weighted by Crippen LogP contribution is -2.29. The SMILES string of the molecule is CCOc1ccccc1C(=O)NCCCC(=O)NC(C)c1ccc(F)c(F)c1. The fourth-order valence-corrected chi connectivity index (χ4v) is 2.66. The van der Waals surface area contributed by atoms with Gasteiger partial charge in [-0.15, -0.1) is 0 Å². The summed E-state index contributed by atoms with van der Waals surface area (Å²) in [5.41, 5.74) is 0.925. The molecular weight excluding hydrogens is 366 g/mol. The van der Waals surface area contributed by atoms with Crippen LogP contribution in [0.15, 0.2) is 42.5 Å². The Balaban J connectivity index is 1.76. The predicted octanol–water partition coefficient (Wildman–Crippen LogP) is 3.75. The summed E-state index contributed by atoms with van der Waals surface area (Å²) in [6.07, 6.45) is 0.639. The Hall–Kier alpha value is -2.96. The van der Waals surface area contributed by atoms with Crippen LogP contribution in [0.25, 0.3) is 0 Å². The van der Waals surface area contributed by atoms with E-state index in [1.54, 1.807) is 31.2 Å². The second-order valence-electron chi connectivity index (χ2n) is 6.25. The maximum Gasteiger partial charge on any atom is 0.255 e. The molecule has 0 spiro atoms. The van der Waals surface area contributed by atoms with Crippen molar-refractivity contribution in [2.45, 2.75) is 32.7 Å². The Labute approximate surface area is 163 Å². The van der Waals surface area contributed by atoms with Gasteiger partial charge in [-0.1, -0.05) is 18.2 Å². The molecule has 0 radical (unpaired) electrons. The normalized spacial score (nSPS) is 11.6. The Bertz CT molecular complexity index is 827. The Kier molecular flexibility index (Phi) is 7.92. The topological polar surface area (TPSA) is 67.4 Å². The largest absolute Gasteiger partial charge is 0.493 e. The van der Waals surface area contributed by atoms with E-state index in [9.17, 15) is 18.4 Å². The summed E-state index contributed by atoms with van der Waals surface area (Å²) in [5, 5.41) is 5.49. The van der Waals surface area contributed by atoms with Crippen molar-refractivity contribution in [3.8, 4) is 5.75 Å². The molecule has 0 aliphatic heterocycles. The standard InChI is InChI=1S/C21H24F2N2O3/c1-3-28-19-8-5-4-7-16(19)21(27)24-12-6-9-20(26)25-14(2)15-10-11-17(22)18(23)13-15/h4-5,7-8,10-11,13-14H,3,6,9,12H2,1-2H3,(H,24,27)(H,25,26). The molecule has 2 aromatic carbocycles. The summed E-state index contributed by atoms with van der Waals surface area (Å²) >= 11 is 0. The molecule has 0 saturated carbocycles. The molecule has 150 valence electrons. The highest BCUT2D eigenvalue weighted by atomic mass is 19.2. The van der Waals surface area contributed by atoms with Crippen molar-refractivity contribution < 1.29 is 23.1 Å². The molecule has 5 nitrogen and oxygen atoms in total. The molecule has 0 fully saturated rings. The molecule has 28 heavy (non-hydrogen) atoms. The van der Waals surface area contributed by atoms with E-state index in [-0.39, 0.29) is 18.2 Å². The molecule has 0 aromatic heterocycles. The van der Waals surface area contributed by atoms with Crippen LogP contribution in [0.2, 0.25) is 0 Å². The van der Waals surface area contributed by atoms with Gasteiger partial charge in [0.05, 0.1) is 18.2 Å². The van der Waals surface area contributed by atoms with Crippen molar-refractivity contribution in [2.75, 3.05) is 13.2 Å². The van der Waals surface area contributed by atoms with Gasteiger partial charge in [0, 0.05) is 13.0 Å². The number of carbonyl (C=O) groups is 2. The van der Waals surface area contributed by atoms with Crippen molar-refractivity contribution in [2.24, 2.45) is 0 Å². The van der Waals surface area contributed by atoms with Crippen LogP contribution in [0, 0.1) is 11.6 Å². The molecule has 0 saturated heterocycles. The smallest absolute Gasteiger partial charge is 0.255 e. The van der Waals surface area contributed by atoms with Crippen molar-refractivity contribution in [3.63, 3.8) is 0 Å². The Morgan fingerprint density at radius 2 is 1.86 bits per heavy atom. The number of ether oxygens (including phenoxy) is 1. The molecule has 0 heterocycles. The summed E-state index contributed by atoms with van der Waals surface area (Å²) in [6, 6.07) is 10.0. The summed E-state index contributed by atoms with van der Waals surface area (Å²) in [7, 11) is 0. The number of benzene rings is 2. The van der Waals surface area contributed by atoms with Crippen LogP contribution in [0.5, 0.6) is 5.75 Å². The first kappa shape index (κ1) is 21.3. The molecule has 0 aliphatic carbocycles. The van der Waals surface area contributed by atoms with Gasteiger partial charge in [0.25, 0.3) is 5.91 Å². The van der Waals surface area contributed by atoms with Gasteiger partial charge in [-0.05, 0) is 50.1 Å². The number of nitrogens with one attached hydrogen (secondary N) is 2. The van der Waals surface area contributed by atoms with E-state index in [1.807, 2.05) is 6.92 Å². The molecule has 2 N–H and O–H groups in total. The average molecular weight is 390 g/mol. The number of halogens is 2. The van der Waals surface area contributed by atoms with Gasteiger partial charge in [0.1, 0.15) is 5.75 Å².